The maximum atomic E-state index is 12.8. The lowest BCUT2D eigenvalue weighted by molar-refractivity contribution is -0.384. The largest absolute Gasteiger partial charge is 0.339 e. The number of nitrogens with zero attached hydrogens (tertiary/aromatic N) is 3. The molecule has 0 unspecified atom stereocenters. The van der Waals surface area contributed by atoms with Gasteiger partial charge in [-0.15, -0.1) is 0 Å². The summed E-state index contributed by atoms with van der Waals surface area (Å²) in [5.41, 5.74) is 0.269. The van der Waals surface area contributed by atoms with Crippen molar-refractivity contribution in [2.24, 2.45) is 5.92 Å². The van der Waals surface area contributed by atoms with Crippen LogP contribution in [-0.2, 0) is 4.79 Å². The average molecular weight is 485 g/mol. The lowest BCUT2D eigenvalue weighted by Crippen LogP contribution is -2.50. The third-order valence-corrected chi connectivity index (χ3v) is 6.49. The third kappa shape index (κ3) is 4.97. The molecule has 0 spiro atoms. The molecule has 0 radical (unpaired) electrons. The van der Waals surface area contributed by atoms with Crippen molar-refractivity contribution in [2.75, 3.05) is 26.2 Å². The van der Waals surface area contributed by atoms with Crippen LogP contribution in [-0.4, -0.2) is 52.7 Å². The van der Waals surface area contributed by atoms with Gasteiger partial charge in [0.25, 0.3) is 11.6 Å². The number of carbonyl (C=O) groups excluding carboxylic acids is 2. The standard InChI is InChI=1S/C19H24IN3O4/c20-17-7-6-15(23(26)27)13-16(17)19(25)22-11-9-21(10-12-22)18(24)8-5-14-3-1-2-4-14/h6-7,13-14H,1-5,8-12H2. The first-order valence-corrected chi connectivity index (χ1v) is 10.5. The van der Waals surface area contributed by atoms with E-state index in [-0.39, 0.29) is 17.5 Å². The van der Waals surface area contributed by atoms with Crippen LogP contribution >= 0.6 is 22.6 Å². The molecule has 7 nitrogen and oxygen atoms in total. The number of halogens is 1. The number of piperazine rings is 1. The lowest BCUT2D eigenvalue weighted by Gasteiger charge is -2.35. The van der Waals surface area contributed by atoms with Crippen molar-refractivity contribution < 1.29 is 14.5 Å². The number of hydrogen-bond donors (Lipinski definition) is 0. The molecule has 146 valence electrons. The Morgan fingerprint density at radius 1 is 1.11 bits per heavy atom. The predicted octanol–water partition coefficient (Wildman–Crippen LogP) is 3.45. The highest BCUT2D eigenvalue weighted by Gasteiger charge is 2.27. The second-order valence-electron chi connectivity index (χ2n) is 7.28. The number of nitro groups is 1. The molecule has 8 heteroatoms. The van der Waals surface area contributed by atoms with Gasteiger partial charge in [0.05, 0.1) is 10.5 Å². The van der Waals surface area contributed by atoms with E-state index in [0.717, 1.165) is 6.42 Å². The fraction of sp³-hybridized carbons (Fsp3) is 0.579. The number of non-ortho nitro benzene ring substituents is 1. The summed E-state index contributed by atoms with van der Waals surface area (Å²) >= 11 is 2.02. The Labute approximate surface area is 172 Å². The van der Waals surface area contributed by atoms with Gasteiger partial charge in [-0.05, 0) is 41.0 Å². The normalized spacial score (nSPS) is 18.0. The van der Waals surface area contributed by atoms with Crippen LogP contribution in [0.15, 0.2) is 18.2 Å². The van der Waals surface area contributed by atoms with Crippen molar-refractivity contribution >= 4 is 40.1 Å². The molecule has 1 heterocycles. The monoisotopic (exact) mass is 485 g/mol. The van der Waals surface area contributed by atoms with Gasteiger partial charge in [-0.2, -0.15) is 0 Å². The number of benzene rings is 1. The van der Waals surface area contributed by atoms with E-state index in [1.165, 1.54) is 37.8 Å². The van der Waals surface area contributed by atoms with Gasteiger partial charge >= 0.3 is 0 Å². The van der Waals surface area contributed by atoms with E-state index >= 15 is 0 Å². The van der Waals surface area contributed by atoms with Crippen LogP contribution in [0.2, 0.25) is 0 Å². The van der Waals surface area contributed by atoms with E-state index in [9.17, 15) is 19.7 Å². The van der Waals surface area contributed by atoms with Crippen molar-refractivity contribution in [1.29, 1.82) is 0 Å². The minimum absolute atomic E-state index is 0.0838. The first-order chi connectivity index (χ1) is 13.0. The second kappa shape index (κ2) is 8.99. The van der Waals surface area contributed by atoms with Gasteiger partial charge in [-0.3, -0.25) is 19.7 Å². The zero-order chi connectivity index (χ0) is 19.4. The summed E-state index contributed by atoms with van der Waals surface area (Å²) in [6, 6.07) is 4.33. The van der Waals surface area contributed by atoms with Gasteiger partial charge in [0.2, 0.25) is 5.91 Å². The number of hydrogen-bond acceptors (Lipinski definition) is 4. The summed E-state index contributed by atoms with van der Waals surface area (Å²) in [5.74, 6) is 0.674. The van der Waals surface area contributed by atoms with Gasteiger partial charge in [-0.1, -0.05) is 25.7 Å². The quantitative estimate of drug-likeness (QED) is 0.364. The number of carbonyl (C=O) groups is 2. The number of rotatable bonds is 5. The third-order valence-electron chi connectivity index (χ3n) is 5.55. The Bertz CT molecular complexity index is 726. The van der Waals surface area contributed by atoms with E-state index in [4.69, 9.17) is 0 Å². The van der Waals surface area contributed by atoms with Gasteiger partial charge < -0.3 is 9.80 Å². The zero-order valence-corrected chi connectivity index (χ0v) is 17.4. The van der Waals surface area contributed by atoms with Gasteiger partial charge in [0.1, 0.15) is 0 Å². The van der Waals surface area contributed by atoms with Gasteiger partial charge in [-0.25, -0.2) is 0 Å². The second-order valence-corrected chi connectivity index (χ2v) is 8.45. The average Bonchev–Trinajstić information content (AvgIpc) is 3.19. The molecular formula is C19H24IN3O4. The number of amides is 2. The minimum Gasteiger partial charge on any atom is -0.339 e. The molecule has 1 saturated heterocycles. The van der Waals surface area contributed by atoms with E-state index in [0.29, 0.717) is 47.7 Å². The maximum absolute atomic E-state index is 12.8. The van der Waals surface area contributed by atoms with Crippen LogP contribution in [0.25, 0.3) is 0 Å². The van der Waals surface area contributed by atoms with Gasteiger partial charge in [0.15, 0.2) is 0 Å². The molecule has 1 aliphatic heterocycles. The van der Waals surface area contributed by atoms with Crippen LogP contribution in [0.4, 0.5) is 5.69 Å². The molecule has 0 atom stereocenters. The Kier molecular flexibility index (Phi) is 6.67. The predicted molar refractivity (Wildman–Crippen MR) is 109 cm³/mol. The molecule has 3 rings (SSSR count). The molecule has 2 aliphatic rings. The highest BCUT2D eigenvalue weighted by atomic mass is 127. The molecule has 0 N–H and O–H groups in total. The zero-order valence-electron chi connectivity index (χ0n) is 15.2. The summed E-state index contributed by atoms with van der Waals surface area (Å²) in [6.45, 7) is 1.99. The van der Waals surface area contributed by atoms with E-state index in [2.05, 4.69) is 0 Å². The van der Waals surface area contributed by atoms with E-state index in [1.54, 1.807) is 11.0 Å². The van der Waals surface area contributed by atoms with Crippen LogP contribution in [0.3, 0.4) is 0 Å². The summed E-state index contributed by atoms with van der Waals surface area (Å²) in [7, 11) is 0. The molecule has 1 saturated carbocycles. The first kappa shape index (κ1) is 20.0. The molecule has 2 fully saturated rings. The Balaban J connectivity index is 1.54. The topological polar surface area (TPSA) is 83.8 Å². The Morgan fingerprint density at radius 2 is 1.74 bits per heavy atom. The highest BCUT2D eigenvalue weighted by molar-refractivity contribution is 14.1. The molecule has 27 heavy (non-hydrogen) atoms. The number of nitro benzene ring substituents is 1. The fourth-order valence-corrected chi connectivity index (χ4v) is 4.47. The molecule has 1 aromatic rings. The maximum Gasteiger partial charge on any atom is 0.270 e. The minimum atomic E-state index is -0.492. The summed E-state index contributed by atoms with van der Waals surface area (Å²) in [4.78, 5) is 39.2. The summed E-state index contributed by atoms with van der Waals surface area (Å²) in [6.07, 6.45) is 6.65. The van der Waals surface area contributed by atoms with Crippen LogP contribution in [0, 0.1) is 19.6 Å². The van der Waals surface area contributed by atoms with E-state index < -0.39 is 4.92 Å². The highest BCUT2D eigenvalue weighted by Crippen LogP contribution is 2.29. The lowest BCUT2D eigenvalue weighted by atomic mass is 10.0. The molecule has 1 aromatic carbocycles. The van der Waals surface area contributed by atoms with Crippen molar-refractivity contribution in [3.05, 3.63) is 37.4 Å². The fourth-order valence-electron chi connectivity index (χ4n) is 3.90. The molecule has 1 aliphatic carbocycles. The smallest absolute Gasteiger partial charge is 0.270 e. The van der Waals surface area contributed by atoms with Crippen molar-refractivity contribution in [3.63, 3.8) is 0 Å². The summed E-state index contributed by atoms with van der Waals surface area (Å²) < 4.78 is 0.693. The van der Waals surface area contributed by atoms with Crippen LogP contribution < -0.4 is 0 Å². The molecule has 0 aromatic heterocycles. The van der Waals surface area contributed by atoms with E-state index in [1.807, 2.05) is 27.5 Å². The SMILES string of the molecule is O=C(CCC1CCCC1)N1CCN(C(=O)c2cc([N+](=O)[O-])ccc2I)CC1. The van der Waals surface area contributed by atoms with Gasteiger partial charge in [0, 0.05) is 48.3 Å². The van der Waals surface area contributed by atoms with Crippen LogP contribution in [0.5, 0.6) is 0 Å². The molecular weight excluding hydrogens is 461 g/mol. The van der Waals surface area contributed by atoms with Crippen LogP contribution in [0.1, 0.15) is 48.9 Å². The Morgan fingerprint density at radius 3 is 2.37 bits per heavy atom. The Hall–Kier alpha value is -1.71. The van der Waals surface area contributed by atoms with Crippen molar-refractivity contribution in [1.82, 2.24) is 9.80 Å². The molecule has 0 bridgehead atoms. The van der Waals surface area contributed by atoms with Crippen molar-refractivity contribution in [2.45, 2.75) is 38.5 Å². The first-order valence-electron chi connectivity index (χ1n) is 9.46. The molecule has 2 amide bonds. The van der Waals surface area contributed by atoms with Crippen molar-refractivity contribution in [3.8, 4) is 0 Å². The summed E-state index contributed by atoms with van der Waals surface area (Å²) in [5, 5.41) is 11.0.